The first kappa shape index (κ1) is 24.6. The quantitative estimate of drug-likeness (QED) is 0.302. The standard InChI is InChI=1S/C30H37ClN2O/c1-24(2)18-20-33(28-14-16-30(17-15-28)34-23-26-7-4-3-5-8-26)29-9-6-19-32(22-29)21-25-10-12-27(31)13-11-25/h3-5,7-8,10-17,24,29H,6,9,18-23H2,1-2H3. The highest BCUT2D eigenvalue weighted by Crippen LogP contribution is 2.27. The highest BCUT2D eigenvalue weighted by atomic mass is 35.5. The van der Waals surface area contributed by atoms with Gasteiger partial charge in [-0.15, -0.1) is 0 Å². The maximum absolute atomic E-state index is 6.08. The van der Waals surface area contributed by atoms with Gasteiger partial charge in [-0.25, -0.2) is 0 Å². The lowest BCUT2D eigenvalue weighted by Crippen LogP contribution is -2.48. The average Bonchev–Trinajstić information content (AvgIpc) is 2.86. The van der Waals surface area contributed by atoms with Crippen LogP contribution in [0.3, 0.4) is 0 Å². The minimum absolute atomic E-state index is 0.524. The van der Waals surface area contributed by atoms with E-state index >= 15 is 0 Å². The number of hydrogen-bond donors (Lipinski definition) is 0. The number of rotatable bonds is 10. The molecule has 0 N–H and O–H groups in total. The molecule has 1 unspecified atom stereocenters. The van der Waals surface area contributed by atoms with Gasteiger partial charge in [-0.1, -0.05) is 67.9 Å². The number of likely N-dealkylation sites (tertiary alicyclic amines) is 1. The summed E-state index contributed by atoms with van der Waals surface area (Å²) in [4.78, 5) is 5.23. The van der Waals surface area contributed by atoms with Gasteiger partial charge in [0.2, 0.25) is 0 Å². The van der Waals surface area contributed by atoms with E-state index in [0.29, 0.717) is 18.6 Å². The SMILES string of the molecule is CC(C)CCN(c1ccc(OCc2ccccc2)cc1)C1CCCN(Cc2ccc(Cl)cc2)C1. The van der Waals surface area contributed by atoms with Gasteiger partial charge >= 0.3 is 0 Å². The minimum atomic E-state index is 0.524. The lowest BCUT2D eigenvalue weighted by molar-refractivity contribution is 0.195. The largest absolute Gasteiger partial charge is 0.489 e. The molecule has 0 amide bonds. The normalized spacial score (nSPS) is 16.5. The molecular weight excluding hydrogens is 440 g/mol. The van der Waals surface area contributed by atoms with Crippen molar-refractivity contribution >= 4 is 17.3 Å². The van der Waals surface area contributed by atoms with E-state index in [9.17, 15) is 0 Å². The Hall–Kier alpha value is -2.49. The fourth-order valence-corrected chi connectivity index (χ4v) is 4.80. The Bertz CT molecular complexity index is 989. The van der Waals surface area contributed by atoms with Crippen LogP contribution in [0.4, 0.5) is 5.69 Å². The molecule has 0 aliphatic carbocycles. The monoisotopic (exact) mass is 476 g/mol. The van der Waals surface area contributed by atoms with Gasteiger partial charge in [-0.3, -0.25) is 4.90 Å². The summed E-state index contributed by atoms with van der Waals surface area (Å²) in [7, 11) is 0. The molecule has 4 rings (SSSR count). The Morgan fingerprint density at radius 1 is 0.941 bits per heavy atom. The Labute approximate surface area is 210 Å². The van der Waals surface area contributed by atoms with Gasteiger partial charge in [0.15, 0.2) is 0 Å². The molecule has 3 aromatic carbocycles. The second-order valence-corrected chi connectivity index (χ2v) is 10.2. The van der Waals surface area contributed by atoms with Crippen LogP contribution in [0.25, 0.3) is 0 Å². The second kappa shape index (κ2) is 12.3. The van der Waals surface area contributed by atoms with Gasteiger partial charge in [-0.2, -0.15) is 0 Å². The lowest BCUT2D eigenvalue weighted by atomic mass is 10.0. The van der Waals surface area contributed by atoms with E-state index in [1.54, 1.807) is 0 Å². The molecule has 0 bridgehead atoms. The van der Waals surface area contributed by atoms with Gasteiger partial charge in [0.1, 0.15) is 12.4 Å². The fraction of sp³-hybridized carbons (Fsp3) is 0.400. The van der Waals surface area contributed by atoms with Gasteiger partial charge in [-0.05, 0) is 79.3 Å². The Kier molecular flexibility index (Phi) is 8.90. The van der Waals surface area contributed by atoms with Crippen molar-refractivity contribution in [2.75, 3.05) is 24.5 Å². The van der Waals surface area contributed by atoms with Crippen LogP contribution in [-0.4, -0.2) is 30.6 Å². The summed E-state index contributed by atoms with van der Waals surface area (Å²) in [6.07, 6.45) is 3.66. The third kappa shape index (κ3) is 7.25. The zero-order chi connectivity index (χ0) is 23.8. The first-order chi connectivity index (χ1) is 16.6. The van der Waals surface area contributed by atoms with Gasteiger partial charge in [0.25, 0.3) is 0 Å². The lowest BCUT2D eigenvalue weighted by Gasteiger charge is -2.41. The van der Waals surface area contributed by atoms with Crippen molar-refractivity contribution in [1.29, 1.82) is 0 Å². The molecule has 0 saturated carbocycles. The van der Waals surface area contributed by atoms with E-state index in [1.165, 1.54) is 36.1 Å². The number of anilines is 1. The molecule has 0 spiro atoms. The smallest absolute Gasteiger partial charge is 0.119 e. The van der Waals surface area contributed by atoms with Crippen LogP contribution < -0.4 is 9.64 Å². The highest BCUT2D eigenvalue weighted by Gasteiger charge is 2.26. The maximum atomic E-state index is 6.08. The molecule has 1 heterocycles. The molecule has 3 nitrogen and oxygen atoms in total. The average molecular weight is 477 g/mol. The van der Waals surface area contributed by atoms with E-state index in [4.69, 9.17) is 16.3 Å². The van der Waals surface area contributed by atoms with E-state index in [1.807, 2.05) is 18.2 Å². The Balaban J connectivity index is 1.42. The van der Waals surface area contributed by atoms with Crippen molar-refractivity contribution in [1.82, 2.24) is 4.90 Å². The van der Waals surface area contributed by atoms with Crippen LogP contribution in [0.15, 0.2) is 78.9 Å². The molecule has 180 valence electrons. The number of benzene rings is 3. The molecule has 0 aromatic heterocycles. The Morgan fingerprint density at radius 2 is 1.68 bits per heavy atom. The molecule has 1 aliphatic heterocycles. The first-order valence-electron chi connectivity index (χ1n) is 12.6. The van der Waals surface area contributed by atoms with E-state index in [0.717, 1.165) is 37.0 Å². The zero-order valence-corrected chi connectivity index (χ0v) is 21.3. The summed E-state index contributed by atoms with van der Waals surface area (Å²) >= 11 is 6.08. The van der Waals surface area contributed by atoms with E-state index < -0.39 is 0 Å². The third-order valence-corrected chi connectivity index (χ3v) is 6.86. The van der Waals surface area contributed by atoms with Gasteiger partial charge < -0.3 is 9.64 Å². The number of ether oxygens (including phenoxy) is 1. The molecule has 1 saturated heterocycles. The van der Waals surface area contributed by atoms with Crippen molar-refractivity contribution < 1.29 is 4.74 Å². The topological polar surface area (TPSA) is 15.7 Å². The van der Waals surface area contributed by atoms with Gasteiger partial charge in [0.05, 0.1) is 0 Å². The highest BCUT2D eigenvalue weighted by molar-refractivity contribution is 6.30. The second-order valence-electron chi connectivity index (χ2n) is 9.80. The van der Waals surface area contributed by atoms with E-state index in [-0.39, 0.29) is 0 Å². The molecule has 1 aliphatic rings. The molecule has 4 heteroatoms. The molecule has 1 fully saturated rings. The molecular formula is C30H37ClN2O. The van der Waals surface area contributed by atoms with Crippen molar-refractivity contribution in [2.24, 2.45) is 5.92 Å². The van der Waals surface area contributed by atoms with Crippen LogP contribution in [0.1, 0.15) is 44.2 Å². The van der Waals surface area contributed by atoms with Crippen molar-refractivity contribution in [3.63, 3.8) is 0 Å². The summed E-state index contributed by atoms with van der Waals surface area (Å²) in [5.41, 5.74) is 3.82. The number of nitrogens with zero attached hydrogens (tertiary/aromatic N) is 2. The van der Waals surface area contributed by atoms with Crippen LogP contribution in [0.2, 0.25) is 5.02 Å². The first-order valence-corrected chi connectivity index (χ1v) is 12.9. The van der Waals surface area contributed by atoms with E-state index in [2.05, 4.69) is 84.3 Å². The van der Waals surface area contributed by atoms with Crippen LogP contribution in [-0.2, 0) is 13.2 Å². The van der Waals surface area contributed by atoms with Crippen LogP contribution in [0.5, 0.6) is 5.75 Å². The number of hydrogen-bond acceptors (Lipinski definition) is 3. The maximum Gasteiger partial charge on any atom is 0.119 e. The van der Waals surface area contributed by atoms with Crippen LogP contribution >= 0.6 is 11.6 Å². The summed E-state index contributed by atoms with van der Waals surface area (Å²) in [5, 5.41) is 0.802. The Morgan fingerprint density at radius 3 is 2.38 bits per heavy atom. The molecule has 0 radical (unpaired) electrons. The predicted molar refractivity (Wildman–Crippen MR) is 144 cm³/mol. The van der Waals surface area contributed by atoms with Crippen molar-refractivity contribution in [3.8, 4) is 5.75 Å². The molecule has 1 atom stereocenters. The molecule has 3 aromatic rings. The molecule has 34 heavy (non-hydrogen) atoms. The minimum Gasteiger partial charge on any atom is -0.489 e. The fourth-order valence-electron chi connectivity index (χ4n) is 4.67. The summed E-state index contributed by atoms with van der Waals surface area (Å²) in [6.45, 7) is 9.54. The van der Waals surface area contributed by atoms with Crippen molar-refractivity contribution in [3.05, 3.63) is 95.0 Å². The van der Waals surface area contributed by atoms with Gasteiger partial charge in [0, 0.05) is 36.4 Å². The summed E-state index contributed by atoms with van der Waals surface area (Å²) in [6, 6.07) is 27.9. The predicted octanol–water partition coefficient (Wildman–Crippen LogP) is 7.44. The summed E-state index contributed by atoms with van der Waals surface area (Å²) < 4.78 is 6.03. The number of piperidine rings is 1. The third-order valence-electron chi connectivity index (χ3n) is 6.60. The van der Waals surface area contributed by atoms with Crippen LogP contribution in [0, 0.1) is 5.92 Å². The number of halogens is 1. The summed E-state index contributed by atoms with van der Waals surface area (Å²) in [5.74, 6) is 1.61. The zero-order valence-electron chi connectivity index (χ0n) is 20.5. The van der Waals surface area contributed by atoms with Crippen molar-refractivity contribution in [2.45, 2.75) is 52.3 Å².